The molecule has 1 aliphatic carbocycles. The lowest BCUT2D eigenvalue weighted by Gasteiger charge is -2.43. The summed E-state index contributed by atoms with van der Waals surface area (Å²) in [7, 11) is -0.924. The highest BCUT2D eigenvalue weighted by Gasteiger charge is 2.41. The predicted octanol–water partition coefficient (Wildman–Crippen LogP) is 2.78. The highest BCUT2D eigenvalue weighted by molar-refractivity contribution is 7.89. The van der Waals surface area contributed by atoms with Crippen LogP contribution in [-0.2, 0) is 21.2 Å². The van der Waals surface area contributed by atoms with E-state index in [0.29, 0.717) is 6.54 Å². The first-order chi connectivity index (χ1) is 15.2. The van der Waals surface area contributed by atoms with Crippen LogP contribution in [-0.4, -0.2) is 54.9 Å². The molecule has 7 nitrogen and oxygen atoms in total. The quantitative estimate of drug-likeness (QED) is 0.599. The lowest BCUT2D eigenvalue weighted by atomic mass is 9.72. The predicted molar refractivity (Wildman–Crippen MR) is 124 cm³/mol. The molecule has 2 aromatic carbocycles. The number of nitrogens with zero attached hydrogens (tertiary/aromatic N) is 2. The van der Waals surface area contributed by atoms with Gasteiger partial charge in [0.2, 0.25) is 5.91 Å². The Kier molecular flexibility index (Phi) is 4.77. The molecule has 2 aliphatic rings. The summed E-state index contributed by atoms with van der Waals surface area (Å²) in [6, 6.07) is 14.3. The molecule has 0 spiro atoms. The van der Waals surface area contributed by atoms with Crippen molar-refractivity contribution in [1.29, 1.82) is 0 Å². The Balaban J connectivity index is 1.48. The summed E-state index contributed by atoms with van der Waals surface area (Å²) >= 11 is 0. The number of rotatable bonds is 4. The van der Waals surface area contributed by atoms with Gasteiger partial charge < -0.3 is 10.3 Å². The number of fused-ring (bicyclic) bond motifs is 2. The molecule has 0 unspecified atom stereocenters. The number of hydrogen-bond donors (Lipinski definition) is 2. The van der Waals surface area contributed by atoms with Crippen LogP contribution >= 0.6 is 0 Å². The summed E-state index contributed by atoms with van der Waals surface area (Å²) in [5, 5.41) is 5.96. The number of benzene rings is 2. The highest BCUT2D eigenvalue weighted by atomic mass is 32.2. The molecule has 0 saturated carbocycles. The molecule has 0 bridgehead atoms. The first-order valence-electron chi connectivity index (χ1n) is 10.6. The standard InChI is InChI=1S/C24H26N4O3S/c1-24-13-17-14-25-21-11-7-10-19(22(17)21)20(24)12-16(15-26-24)23(29)27(2)28(3)32(30,31)18-8-5-4-6-9-18/h4-12,14,16,25-26H,13,15H2,1-3H3/t16-,24-/m1/s1. The van der Waals surface area contributed by atoms with Gasteiger partial charge in [-0.05, 0) is 48.2 Å². The van der Waals surface area contributed by atoms with Crippen LogP contribution in [0, 0.1) is 5.92 Å². The van der Waals surface area contributed by atoms with Gasteiger partial charge in [-0.2, -0.15) is 0 Å². The number of hydrazine groups is 1. The fraction of sp³-hybridized carbons (Fsp3) is 0.292. The van der Waals surface area contributed by atoms with Crippen molar-refractivity contribution >= 4 is 32.4 Å². The summed E-state index contributed by atoms with van der Waals surface area (Å²) in [6.45, 7) is 2.60. The normalized spacial score (nSPS) is 22.5. The highest BCUT2D eigenvalue weighted by Crippen LogP contribution is 2.44. The number of aromatic nitrogens is 1. The van der Waals surface area contributed by atoms with Crippen LogP contribution in [0.15, 0.2) is 65.7 Å². The third kappa shape index (κ3) is 3.09. The number of hydrogen-bond acceptors (Lipinski definition) is 4. The molecule has 0 fully saturated rings. The molecule has 0 radical (unpaired) electrons. The van der Waals surface area contributed by atoms with Crippen molar-refractivity contribution in [2.75, 3.05) is 20.6 Å². The van der Waals surface area contributed by atoms with E-state index < -0.39 is 15.9 Å². The van der Waals surface area contributed by atoms with Crippen LogP contribution in [0.25, 0.3) is 16.5 Å². The molecule has 8 heteroatoms. The van der Waals surface area contributed by atoms with Gasteiger partial charge in [0.1, 0.15) is 0 Å². The van der Waals surface area contributed by atoms with Crippen LogP contribution in [0.3, 0.4) is 0 Å². The number of amides is 1. The van der Waals surface area contributed by atoms with Crippen molar-refractivity contribution in [2.45, 2.75) is 23.8 Å². The van der Waals surface area contributed by atoms with Crippen molar-refractivity contribution in [2.24, 2.45) is 5.92 Å². The minimum absolute atomic E-state index is 0.147. The van der Waals surface area contributed by atoms with E-state index in [1.807, 2.05) is 12.1 Å². The van der Waals surface area contributed by atoms with E-state index in [1.54, 1.807) is 18.2 Å². The third-order valence-electron chi connectivity index (χ3n) is 6.74. The summed E-state index contributed by atoms with van der Waals surface area (Å²) in [6.07, 6.45) is 4.91. The molecule has 2 atom stereocenters. The number of aromatic amines is 1. The molecule has 1 aliphatic heterocycles. The zero-order valence-corrected chi connectivity index (χ0v) is 19.1. The SMILES string of the molecule is CN(C(=O)[C@@H]1C=C2c3cccc4[nH]cc(c34)C[C@@]2(C)NC1)N(C)S(=O)(=O)c1ccccc1. The first-order valence-corrected chi connectivity index (χ1v) is 12.0. The average molecular weight is 451 g/mol. The fourth-order valence-corrected chi connectivity index (χ4v) is 6.07. The molecule has 0 saturated heterocycles. The average Bonchev–Trinajstić information content (AvgIpc) is 3.21. The van der Waals surface area contributed by atoms with Gasteiger partial charge in [0.05, 0.1) is 10.8 Å². The van der Waals surface area contributed by atoms with Crippen molar-refractivity contribution in [1.82, 2.24) is 19.7 Å². The van der Waals surface area contributed by atoms with Crippen LogP contribution in [0.2, 0.25) is 0 Å². The Morgan fingerprint density at radius 3 is 2.59 bits per heavy atom. The number of nitrogens with one attached hydrogen (secondary N) is 2. The summed E-state index contributed by atoms with van der Waals surface area (Å²) in [4.78, 5) is 16.9. The van der Waals surface area contributed by atoms with Gasteiger partial charge in [-0.3, -0.25) is 9.80 Å². The van der Waals surface area contributed by atoms with Gasteiger partial charge in [0.15, 0.2) is 0 Å². The number of H-pyrrole nitrogens is 1. The van der Waals surface area contributed by atoms with Crippen LogP contribution in [0.1, 0.15) is 18.1 Å². The Labute approximate surface area is 187 Å². The Hall–Kier alpha value is -2.94. The zero-order chi connectivity index (χ0) is 22.7. The maximum Gasteiger partial charge on any atom is 0.259 e. The lowest BCUT2D eigenvalue weighted by Crippen LogP contribution is -2.55. The summed E-state index contributed by atoms with van der Waals surface area (Å²) < 4.78 is 27.0. The lowest BCUT2D eigenvalue weighted by molar-refractivity contribution is -0.140. The molecular formula is C24H26N4O3S. The smallest absolute Gasteiger partial charge is 0.259 e. The maximum absolute atomic E-state index is 13.4. The second-order valence-corrected chi connectivity index (χ2v) is 10.7. The largest absolute Gasteiger partial charge is 0.361 e. The van der Waals surface area contributed by atoms with Gasteiger partial charge in [-0.1, -0.05) is 36.4 Å². The molecule has 32 heavy (non-hydrogen) atoms. The summed E-state index contributed by atoms with van der Waals surface area (Å²) in [5.41, 5.74) is 4.27. The van der Waals surface area contributed by atoms with E-state index in [2.05, 4.69) is 35.6 Å². The Bertz CT molecular complexity index is 1350. The molecule has 166 valence electrons. The third-order valence-corrected chi connectivity index (χ3v) is 8.55. The van der Waals surface area contributed by atoms with E-state index in [4.69, 9.17) is 0 Å². The van der Waals surface area contributed by atoms with E-state index in [9.17, 15) is 13.2 Å². The second kappa shape index (κ2) is 7.30. The first kappa shape index (κ1) is 20.9. The second-order valence-electron chi connectivity index (χ2n) is 8.73. The number of carbonyl (C=O) groups excluding carboxylic acids is 1. The van der Waals surface area contributed by atoms with Crippen molar-refractivity contribution in [3.63, 3.8) is 0 Å². The Morgan fingerprint density at radius 1 is 1.09 bits per heavy atom. The Morgan fingerprint density at radius 2 is 1.84 bits per heavy atom. The summed E-state index contributed by atoms with van der Waals surface area (Å²) in [5.74, 6) is -0.756. The minimum atomic E-state index is -3.83. The number of carbonyl (C=O) groups is 1. The monoisotopic (exact) mass is 450 g/mol. The van der Waals surface area contributed by atoms with Gasteiger partial charge in [-0.15, -0.1) is 4.41 Å². The van der Waals surface area contributed by atoms with Gasteiger partial charge >= 0.3 is 0 Å². The van der Waals surface area contributed by atoms with Gasteiger partial charge in [-0.25, -0.2) is 8.42 Å². The zero-order valence-electron chi connectivity index (χ0n) is 18.3. The topological polar surface area (TPSA) is 85.5 Å². The van der Waals surface area contributed by atoms with Crippen molar-refractivity contribution < 1.29 is 13.2 Å². The molecule has 1 aromatic heterocycles. The number of sulfonamides is 1. The fourth-order valence-electron chi connectivity index (χ4n) is 4.86. The van der Waals surface area contributed by atoms with Crippen molar-refractivity contribution in [3.05, 3.63) is 71.9 Å². The van der Waals surface area contributed by atoms with Crippen LogP contribution in [0.5, 0.6) is 0 Å². The molecule has 2 heterocycles. The van der Waals surface area contributed by atoms with Gasteiger partial charge in [0.25, 0.3) is 10.0 Å². The molecular weight excluding hydrogens is 424 g/mol. The van der Waals surface area contributed by atoms with Crippen LogP contribution in [0.4, 0.5) is 0 Å². The van der Waals surface area contributed by atoms with Crippen molar-refractivity contribution in [3.8, 4) is 0 Å². The van der Waals surface area contributed by atoms with Crippen LogP contribution < -0.4 is 5.32 Å². The molecule has 1 amide bonds. The van der Waals surface area contributed by atoms with E-state index in [0.717, 1.165) is 27.5 Å². The molecule has 3 aromatic rings. The maximum atomic E-state index is 13.4. The minimum Gasteiger partial charge on any atom is -0.361 e. The van der Waals surface area contributed by atoms with E-state index in [-0.39, 0.29) is 16.3 Å². The van der Waals surface area contributed by atoms with E-state index >= 15 is 0 Å². The van der Waals surface area contributed by atoms with Gasteiger partial charge in [0, 0.05) is 43.3 Å². The van der Waals surface area contributed by atoms with E-state index in [1.165, 1.54) is 42.2 Å². The molecule has 2 N–H and O–H groups in total. The molecule has 5 rings (SSSR count).